The van der Waals surface area contributed by atoms with Gasteiger partial charge in [-0.05, 0) is 44.7 Å². The molecule has 8 nitrogen and oxygen atoms in total. The third kappa shape index (κ3) is 5.07. The molecule has 29 heavy (non-hydrogen) atoms. The summed E-state index contributed by atoms with van der Waals surface area (Å²) in [6, 6.07) is 2.94. The van der Waals surface area contributed by atoms with Gasteiger partial charge in [-0.15, -0.1) is 0 Å². The summed E-state index contributed by atoms with van der Waals surface area (Å²) in [5, 5.41) is 0. The molecule has 0 aliphatic carbocycles. The Balaban J connectivity index is 1.68. The summed E-state index contributed by atoms with van der Waals surface area (Å²) in [5.41, 5.74) is 0.403. The monoisotopic (exact) mass is 424 g/mol. The number of carbonyl (C=O) groups is 2. The van der Waals surface area contributed by atoms with Crippen molar-refractivity contribution < 1.29 is 27.7 Å². The van der Waals surface area contributed by atoms with Crippen LogP contribution in [0.15, 0.2) is 18.3 Å². The van der Waals surface area contributed by atoms with Crippen molar-refractivity contribution in [2.24, 2.45) is 0 Å². The van der Waals surface area contributed by atoms with E-state index in [2.05, 4.69) is 9.88 Å². The maximum Gasteiger partial charge on any atom is 0.347 e. The van der Waals surface area contributed by atoms with Gasteiger partial charge in [0.05, 0.1) is 30.8 Å². The van der Waals surface area contributed by atoms with E-state index < -0.39 is 22.4 Å². The molecule has 1 amide bonds. The SMILES string of the molecule is CC[C@H](C)N(C(=O)COC(=O)c1ccc[nH+]c1N1CCCC1)[C@@H]1CCS(=O)(=O)C1. The first-order valence-corrected chi connectivity index (χ1v) is 12.1. The number of nitrogens with one attached hydrogen (secondary N) is 1. The summed E-state index contributed by atoms with van der Waals surface area (Å²) in [6.07, 6.45) is 5.04. The van der Waals surface area contributed by atoms with E-state index in [4.69, 9.17) is 4.74 Å². The molecule has 2 atom stereocenters. The first-order valence-electron chi connectivity index (χ1n) is 10.3. The van der Waals surface area contributed by atoms with Crippen molar-refractivity contribution in [1.82, 2.24) is 4.90 Å². The normalized spacial score (nSPS) is 21.7. The number of esters is 1. The fraction of sp³-hybridized carbons (Fsp3) is 0.650. The molecule has 0 spiro atoms. The number of amides is 1. The predicted octanol–water partition coefficient (Wildman–Crippen LogP) is 1.07. The summed E-state index contributed by atoms with van der Waals surface area (Å²) >= 11 is 0. The van der Waals surface area contributed by atoms with Gasteiger partial charge in [0.25, 0.3) is 11.7 Å². The third-order valence-corrected chi connectivity index (χ3v) is 7.51. The molecule has 0 unspecified atom stereocenters. The van der Waals surface area contributed by atoms with Gasteiger partial charge in [0, 0.05) is 12.1 Å². The number of aromatic amines is 1. The van der Waals surface area contributed by atoms with Gasteiger partial charge in [-0.25, -0.2) is 18.2 Å². The fourth-order valence-electron chi connectivity index (χ4n) is 4.08. The molecule has 9 heteroatoms. The molecule has 0 bridgehead atoms. The molecule has 1 N–H and O–H groups in total. The number of nitrogens with zero attached hydrogens (tertiary/aromatic N) is 2. The van der Waals surface area contributed by atoms with Crippen LogP contribution >= 0.6 is 0 Å². The second kappa shape index (κ2) is 9.11. The van der Waals surface area contributed by atoms with Crippen LogP contribution in [0.25, 0.3) is 0 Å². The molecule has 3 rings (SSSR count). The second-order valence-electron chi connectivity index (χ2n) is 7.82. The molecule has 160 valence electrons. The van der Waals surface area contributed by atoms with E-state index in [0.717, 1.165) is 25.9 Å². The Morgan fingerprint density at radius 3 is 2.69 bits per heavy atom. The van der Waals surface area contributed by atoms with Gasteiger partial charge in [0.1, 0.15) is 5.56 Å². The van der Waals surface area contributed by atoms with Crippen LogP contribution in [0.5, 0.6) is 0 Å². The van der Waals surface area contributed by atoms with Gasteiger partial charge >= 0.3 is 5.97 Å². The fourth-order valence-corrected chi connectivity index (χ4v) is 5.79. The van der Waals surface area contributed by atoms with Crippen LogP contribution in [0.3, 0.4) is 0 Å². The van der Waals surface area contributed by atoms with Crippen LogP contribution in [0.1, 0.15) is 49.9 Å². The predicted molar refractivity (Wildman–Crippen MR) is 108 cm³/mol. The van der Waals surface area contributed by atoms with Gasteiger partial charge in [0.2, 0.25) is 0 Å². The highest BCUT2D eigenvalue weighted by molar-refractivity contribution is 7.91. The largest absolute Gasteiger partial charge is 0.452 e. The van der Waals surface area contributed by atoms with E-state index in [1.807, 2.05) is 13.8 Å². The number of sulfone groups is 1. The third-order valence-electron chi connectivity index (χ3n) is 5.76. The molecular formula is C20H30N3O5S+. The summed E-state index contributed by atoms with van der Waals surface area (Å²) in [4.78, 5) is 32.3. The van der Waals surface area contributed by atoms with E-state index in [1.165, 1.54) is 0 Å². The Hall–Kier alpha value is -2.16. The molecule has 2 saturated heterocycles. The zero-order chi connectivity index (χ0) is 21.0. The van der Waals surface area contributed by atoms with Crippen molar-refractivity contribution in [3.8, 4) is 0 Å². The molecule has 2 aliphatic heterocycles. The second-order valence-corrected chi connectivity index (χ2v) is 10.0. The Morgan fingerprint density at radius 1 is 1.34 bits per heavy atom. The van der Waals surface area contributed by atoms with Crippen molar-refractivity contribution >= 4 is 27.5 Å². The molecule has 0 radical (unpaired) electrons. The zero-order valence-electron chi connectivity index (χ0n) is 17.1. The van der Waals surface area contributed by atoms with Crippen molar-refractivity contribution in [3.63, 3.8) is 0 Å². The van der Waals surface area contributed by atoms with Gasteiger partial charge in [-0.2, -0.15) is 0 Å². The first kappa shape index (κ1) is 21.5. The summed E-state index contributed by atoms with van der Waals surface area (Å²) in [7, 11) is -3.12. The molecule has 1 aromatic rings. The minimum atomic E-state index is -3.12. The lowest BCUT2D eigenvalue weighted by atomic mass is 10.1. The van der Waals surface area contributed by atoms with Crippen LogP contribution < -0.4 is 9.88 Å². The van der Waals surface area contributed by atoms with Crippen molar-refractivity contribution in [1.29, 1.82) is 0 Å². The maximum atomic E-state index is 12.9. The molecule has 0 saturated carbocycles. The van der Waals surface area contributed by atoms with Crippen LogP contribution in [-0.2, 0) is 19.4 Å². The maximum absolute atomic E-state index is 12.9. The number of rotatable bonds is 7. The Bertz CT molecular complexity index is 851. The average molecular weight is 425 g/mol. The molecule has 1 aromatic heterocycles. The molecule has 3 heterocycles. The minimum Gasteiger partial charge on any atom is -0.452 e. The van der Waals surface area contributed by atoms with Crippen molar-refractivity contribution in [2.45, 2.75) is 51.6 Å². The number of anilines is 1. The lowest BCUT2D eigenvalue weighted by Crippen LogP contribution is -2.48. The molecule has 0 aromatic carbocycles. The van der Waals surface area contributed by atoms with E-state index in [0.29, 0.717) is 24.2 Å². The Kier molecular flexibility index (Phi) is 6.77. The zero-order valence-corrected chi connectivity index (χ0v) is 17.9. The lowest BCUT2D eigenvalue weighted by Gasteiger charge is -2.33. The van der Waals surface area contributed by atoms with Gasteiger partial charge in [-0.1, -0.05) is 6.92 Å². The van der Waals surface area contributed by atoms with E-state index in [-0.39, 0.29) is 29.5 Å². The van der Waals surface area contributed by atoms with Crippen molar-refractivity contribution in [3.05, 3.63) is 23.9 Å². The number of carbonyl (C=O) groups excluding carboxylic acids is 2. The van der Waals surface area contributed by atoms with E-state index in [9.17, 15) is 18.0 Å². The number of aromatic nitrogens is 1. The average Bonchev–Trinajstić information content (AvgIpc) is 3.36. The van der Waals surface area contributed by atoms with Gasteiger partial charge in [0.15, 0.2) is 16.4 Å². The number of hydrogen-bond acceptors (Lipinski definition) is 6. The summed E-state index contributed by atoms with van der Waals surface area (Å²) in [6.45, 7) is 5.19. The Labute approximate surface area is 172 Å². The number of pyridine rings is 1. The van der Waals surface area contributed by atoms with Crippen LogP contribution in [-0.4, -0.2) is 68.5 Å². The first-order chi connectivity index (χ1) is 13.8. The molecule has 2 fully saturated rings. The Morgan fingerprint density at radius 2 is 2.07 bits per heavy atom. The summed E-state index contributed by atoms with van der Waals surface area (Å²) in [5.74, 6) is -0.124. The van der Waals surface area contributed by atoms with E-state index in [1.54, 1.807) is 23.2 Å². The highest BCUT2D eigenvalue weighted by Gasteiger charge is 2.37. The topological polar surface area (TPSA) is 98.1 Å². The van der Waals surface area contributed by atoms with Gasteiger partial charge in [-0.3, -0.25) is 9.69 Å². The van der Waals surface area contributed by atoms with Crippen LogP contribution in [0.2, 0.25) is 0 Å². The standard InChI is InChI=1S/C20H29N3O5S/c1-3-15(2)23(16-8-12-29(26,27)14-16)18(24)13-28-20(25)17-7-6-9-21-19(17)22-10-4-5-11-22/h6-7,9,15-16H,3-5,8,10-14H2,1-2H3/p+1/t15-,16+/m0/s1. The van der Waals surface area contributed by atoms with Crippen LogP contribution in [0.4, 0.5) is 5.82 Å². The lowest BCUT2D eigenvalue weighted by molar-refractivity contribution is -0.364. The quantitative estimate of drug-likeness (QED) is 0.608. The van der Waals surface area contributed by atoms with E-state index >= 15 is 0 Å². The highest BCUT2D eigenvalue weighted by Crippen LogP contribution is 2.23. The smallest absolute Gasteiger partial charge is 0.347 e. The van der Waals surface area contributed by atoms with Crippen molar-refractivity contribution in [2.75, 3.05) is 36.1 Å². The number of H-pyrrole nitrogens is 1. The van der Waals surface area contributed by atoms with Crippen LogP contribution in [0, 0.1) is 0 Å². The summed E-state index contributed by atoms with van der Waals surface area (Å²) < 4.78 is 29.1. The molecule has 2 aliphatic rings. The number of ether oxygens (including phenoxy) is 1. The number of hydrogen-bond donors (Lipinski definition) is 0. The highest BCUT2D eigenvalue weighted by atomic mass is 32.2. The molecular weight excluding hydrogens is 394 g/mol. The minimum absolute atomic E-state index is 0.0240. The van der Waals surface area contributed by atoms with Gasteiger partial charge < -0.3 is 9.64 Å².